The molecule has 130 valence electrons. The number of aromatic nitrogens is 3. The number of amides is 1. The molecule has 2 aromatic rings. The number of nitrogens with zero attached hydrogens (tertiary/aromatic N) is 4. The molecule has 0 unspecified atom stereocenters. The largest absolute Gasteiger partial charge is 0.360 e. The summed E-state index contributed by atoms with van der Waals surface area (Å²) in [5.74, 6) is 0.809. The van der Waals surface area contributed by atoms with Crippen molar-refractivity contribution in [3.05, 3.63) is 34.4 Å². The lowest BCUT2D eigenvalue weighted by Gasteiger charge is -2.28. The molecule has 1 fully saturated rings. The Hall–Kier alpha value is -1.82. The van der Waals surface area contributed by atoms with Crippen LogP contribution in [0, 0.1) is 0 Å². The Balaban J connectivity index is 1.91. The van der Waals surface area contributed by atoms with E-state index in [2.05, 4.69) is 10.3 Å². The topological polar surface area (TPSA) is 64.2 Å². The van der Waals surface area contributed by atoms with Gasteiger partial charge in [0.15, 0.2) is 5.69 Å². The molecule has 0 N–H and O–H groups in total. The predicted molar refractivity (Wildman–Crippen MR) is 91.1 cm³/mol. The lowest BCUT2D eigenvalue weighted by molar-refractivity contribution is 0.0665. The van der Waals surface area contributed by atoms with Gasteiger partial charge >= 0.3 is 0 Å². The zero-order chi connectivity index (χ0) is 17.3. The Bertz CT molecular complexity index is 722. The molecule has 0 aromatic carbocycles. The fourth-order valence-electron chi connectivity index (χ4n) is 3.15. The molecule has 1 amide bonds. The number of aryl methyl sites for hydroxylation is 1. The number of hydrogen-bond donors (Lipinski definition) is 0. The van der Waals surface area contributed by atoms with E-state index < -0.39 is 0 Å². The van der Waals surface area contributed by atoms with Crippen LogP contribution < -0.4 is 0 Å². The molecule has 0 bridgehead atoms. The average molecular weight is 351 g/mol. The summed E-state index contributed by atoms with van der Waals surface area (Å²) in [6.45, 7) is 4.70. The highest BCUT2D eigenvalue weighted by atomic mass is 35.5. The van der Waals surface area contributed by atoms with Crippen LogP contribution in [0.5, 0.6) is 0 Å². The highest BCUT2D eigenvalue weighted by molar-refractivity contribution is 6.31. The van der Waals surface area contributed by atoms with E-state index in [1.165, 1.54) is 0 Å². The van der Waals surface area contributed by atoms with Gasteiger partial charge < -0.3 is 9.42 Å². The standard InChI is InChI=1S/C17H23ClN4O2/c1-11(2)15-9-13(20-24-15)17(23)22-8-6-4-5-7-14(22)16-12(18)10-21(3)19-16/h9-11,14H,4-8H2,1-3H3/t14-/m0/s1. The fraction of sp³-hybridized carbons (Fsp3) is 0.588. The molecular formula is C17H23ClN4O2. The number of rotatable bonds is 3. The van der Waals surface area contributed by atoms with Gasteiger partial charge in [0.05, 0.1) is 11.1 Å². The molecular weight excluding hydrogens is 328 g/mol. The van der Waals surface area contributed by atoms with Gasteiger partial charge in [0.2, 0.25) is 0 Å². The van der Waals surface area contributed by atoms with Crippen LogP contribution in [0.25, 0.3) is 0 Å². The Morgan fingerprint density at radius 1 is 1.38 bits per heavy atom. The highest BCUT2D eigenvalue weighted by Gasteiger charge is 2.32. The highest BCUT2D eigenvalue weighted by Crippen LogP contribution is 2.34. The second-order valence-corrected chi connectivity index (χ2v) is 7.08. The molecule has 1 saturated heterocycles. The Morgan fingerprint density at radius 2 is 2.17 bits per heavy atom. The van der Waals surface area contributed by atoms with Crippen LogP contribution in [0.4, 0.5) is 0 Å². The molecule has 24 heavy (non-hydrogen) atoms. The SMILES string of the molecule is CC(C)c1cc(C(=O)N2CCCCC[C@H]2c2nn(C)cc2Cl)no1. The minimum Gasteiger partial charge on any atom is -0.360 e. The van der Waals surface area contributed by atoms with Gasteiger partial charge in [-0.25, -0.2) is 0 Å². The Kier molecular flexibility index (Phi) is 4.94. The van der Waals surface area contributed by atoms with Crippen molar-refractivity contribution in [2.24, 2.45) is 7.05 Å². The molecule has 1 aliphatic heterocycles. The molecule has 0 spiro atoms. The zero-order valence-corrected chi connectivity index (χ0v) is 15.1. The molecule has 1 aliphatic rings. The van der Waals surface area contributed by atoms with E-state index in [4.69, 9.17) is 16.1 Å². The summed E-state index contributed by atoms with van der Waals surface area (Å²) in [6, 6.07) is 1.63. The maximum Gasteiger partial charge on any atom is 0.276 e. The summed E-state index contributed by atoms with van der Waals surface area (Å²) in [5.41, 5.74) is 1.12. The predicted octanol–water partition coefficient (Wildman–Crippen LogP) is 3.94. The van der Waals surface area contributed by atoms with E-state index in [0.717, 1.165) is 37.1 Å². The lowest BCUT2D eigenvalue weighted by Crippen LogP contribution is -2.35. The van der Waals surface area contributed by atoms with Crippen LogP contribution in [0.2, 0.25) is 5.02 Å². The van der Waals surface area contributed by atoms with Crippen LogP contribution in [0.15, 0.2) is 16.8 Å². The van der Waals surface area contributed by atoms with Gasteiger partial charge in [0.25, 0.3) is 5.91 Å². The first-order chi connectivity index (χ1) is 11.5. The first-order valence-electron chi connectivity index (χ1n) is 8.44. The van der Waals surface area contributed by atoms with Crippen molar-refractivity contribution in [1.29, 1.82) is 0 Å². The van der Waals surface area contributed by atoms with Gasteiger partial charge in [-0.05, 0) is 12.8 Å². The van der Waals surface area contributed by atoms with Crippen molar-refractivity contribution in [2.75, 3.05) is 6.54 Å². The minimum absolute atomic E-state index is 0.112. The molecule has 2 aromatic heterocycles. The van der Waals surface area contributed by atoms with E-state index in [1.807, 2.05) is 25.8 Å². The third-order valence-electron chi connectivity index (χ3n) is 4.46. The van der Waals surface area contributed by atoms with E-state index in [0.29, 0.717) is 17.3 Å². The van der Waals surface area contributed by atoms with E-state index in [-0.39, 0.29) is 17.9 Å². The van der Waals surface area contributed by atoms with Gasteiger partial charge in [-0.2, -0.15) is 5.10 Å². The molecule has 7 heteroatoms. The quantitative estimate of drug-likeness (QED) is 0.840. The first-order valence-corrected chi connectivity index (χ1v) is 8.81. The van der Waals surface area contributed by atoms with E-state index in [9.17, 15) is 4.79 Å². The molecule has 1 atom stereocenters. The summed E-state index contributed by atoms with van der Waals surface area (Å²) < 4.78 is 6.99. The number of carbonyl (C=O) groups excluding carboxylic acids is 1. The second kappa shape index (κ2) is 6.97. The molecule has 3 rings (SSSR count). The lowest BCUT2D eigenvalue weighted by atomic mass is 10.1. The van der Waals surface area contributed by atoms with E-state index in [1.54, 1.807) is 16.9 Å². The summed E-state index contributed by atoms with van der Waals surface area (Å²) in [4.78, 5) is 14.9. The summed E-state index contributed by atoms with van der Waals surface area (Å²) in [6.07, 6.45) is 5.76. The van der Waals surface area contributed by atoms with Gasteiger partial charge in [0.1, 0.15) is 11.5 Å². The second-order valence-electron chi connectivity index (χ2n) is 6.67. The third-order valence-corrected chi connectivity index (χ3v) is 4.75. The average Bonchev–Trinajstić information content (AvgIpc) is 3.07. The van der Waals surface area contributed by atoms with Crippen LogP contribution in [0.3, 0.4) is 0 Å². The van der Waals surface area contributed by atoms with Gasteiger partial charge in [0, 0.05) is 31.8 Å². The van der Waals surface area contributed by atoms with Crippen molar-refractivity contribution in [2.45, 2.75) is 51.5 Å². The van der Waals surface area contributed by atoms with Crippen molar-refractivity contribution < 1.29 is 9.32 Å². The number of carbonyl (C=O) groups is 1. The van der Waals surface area contributed by atoms with Gasteiger partial charge in [-0.1, -0.05) is 43.4 Å². The van der Waals surface area contributed by atoms with Crippen LogP contribution in [-0.2, 0) is 7.05 Å². The van der Waals surface area contributed by atoms with Crippen molar-refractivity contribution in [1.82, 2.24) is 19.8 Å². The zero-order valence-electron chi connectivity index (χ0n) is 14.3. The summed E-state index contributed by atoms with van der Waals surface area (Å²) in [5, 5.41) is 9.06. The Morgan fingerprint density at radius 3 is 2.79 bits per heavy atom. The molecule has 0 radical (unpaired) electrons. The van der Waals surface area contributed by atoms with Crippen LogP contribution >= 0.6 is 11.6 Å². The smallest absolute Gasteiger partial charge is 0.276 e. The van der Waals surface area contributed by atoms with Crippen molar-refractivity contribution in [3.8, 4) is 0 Å². The van der Waals surface area contributed by atoms with E-state index >= 15 is 0 Å². The number of likely N-dealkylation sites (tertiary alicyclic amines) is 1. The van der Waals surface area contributed by atoms with Gasteiger partial charge in [-0.3, -0.25) is 9.48 Å². The first kappa shape index (κ1) is 17.0. The monoisotopic (exact) mass is 350 g/mol. The summed E-state index contributed by atoms with van der Waals surface area (Å²) >= 11 is 6.34. The number of halogens is 1. The van der Waals surface area contributed by atoms with Crippen LogP contribution in [0.1, 0.15) is 73.4 Å². The Labute approximate surface area is 146 Å². The fourth-order valence-corrected chi connectivity index (χ4v) is 3.45. The van der Waals surface area contributed by atoms with Crippen molar-refractivity contribution in [3.63, 3.8) is 0 Å². The van der Waals surface area contributed by atoms with Crippen LogP contribution in [-0.4, -0.2) is 32.3 Å². The molecule has 3 heterocycles. The molecule has 0 aliphatic carbocycles. The maximum absolute atomic E-state index is 13.0. The molecule has 0 saturated carbocycles. The summed E-state index contributed by atoms with van der Waals surface area (Å²) in [7, 11) is 1.84. The number of hydrogen-bond acceptors (Lipinski definition) is 4. The maximum atomic E-state index is 13.0. The third kappa shape index (κ3) is 3.34. The van der Waals surface area contributed by atoms with Crippen molar-refractivity contribution >= 4 is 17.5 Å². The normalized spacial score (nSPS) is 18.9. The molecule has 6 nitrogen and oxygen atoms in total. The van der Waals surface area contributed by atoms with Gasteiger partial charge in [-0.15, -0.1) is 0 Å². The minimum atomic E-state index is -0.118.